The van der Waals surface area contributed by atoms with Crippen LogP contribution in [0.3, 0.4) is 0 Å². The molecule has 1 aliphatic heterocycles. The summed E-state index contributed by atoms with van der Waals surface area (Å²) in [5, 5.41) is 22.0. The van der Waals surface area contributed by atoms with E-state index in [4.69, 9.17) is 16.0 Å². The molecule has 1 aliphatic rings. The number of nitrogen functional groups attached to an aromatic ring is 1. The summed E-state index contributed by atoms with van der Waals surface area (Å²) in [6, 6.07) is 18.8. The van der Waals surface area contributed by atoms with Gasteiger partial charge in [0.2, 0.25) is 5.82 Å². The van der Waals surface area contributed by atoms with Gasteiger partial charge in [-0.25, -0.2) is 29.7 Å². The van der Waals surface area contributed by atoms with Gasteiger partial charge in [0.1, 0.15) is 23.2 Å². The fraction of sp³-hybridized carbons (Fsp3) is 0.207. The number of hydrogen-bond acceptors (Lipinski definition) is 10. The fourth-order valence-corrected chi connectivity index (χ4v) is 5.05. The van der Waals surface area contributed by atoms with Crippen LogP contribution in [0.5, 0.6) is 0 Å². The molecule has 4 N–H and O–H groups in total. The first-order chi connectivity index (χ1) is 20.0. The number of benzene rings is 1. The van der Waals surface area contributed by atoms with Crippen molar-refractivity contribution in [3.63, 3.8) is 0 Å². The second-order valence-electron chi connectivity index (χ2n) is 9.79. The number of nitrogens with zero attached hydrogens (tertiary/aromatic N) is 8. The number of carboxylic acids is 1. The lowest BCUT2D eigenvalue weighted by Crippen LogP contribution is -2.38. The first-order valence-electron chi connectivity index (χ1n) is 13.1. The topological polar surface area (TPSA) is 172 Å². The van der Waals surface area contributed by atoms with Gasteiger partial charge in [-0.1, -0.05) is 12.1 Å². The molecule has 0 atom stereocenters. The molecular formula is C29H26N10O2. The van der Waals surface area contributed by atoms with Crippen molar-refractivity contribution in [2.45, 2.75) is 25.4 Å². The Morgan fingerprint density at radius 2 is 1.83 bits per heavy atom. The van der Waals surface area contributed by atoms with Gasteiger partial charge >= 0.3 is 5.97 Å². The van der Waals surface area contributed by atoms with Gasteiger partial charge in [-0.15, -0.1) is 0 Å². The molecule has 0 radical (unpaired) electrons. The zero-order chi connectivity index (χ0) is 28.3. The Hall–Kier alpha value is -5.41. The van der Waals surface area contributed by atoms with Crippen molar-refractivity contribution in [2.75, 3.05) is 24.1 Å². The number of pyridine rings is 2. The monoisotopic (exact) mass is 546 g/mol. The van der Waals surface area contributed by atoms with E-state index >= 15 is 0 Å². The summed E-state index contributed by atoms with van der Waals surface area (Å²) < 4.78 is 1.82. The first-order valence-corrected chi connectivity index (χ1v) is 13.1. The SMILES string of the molecule is N#Cc1nccc(NC2CCN(Cc3ccc(-n4c(-c5cccnc5N)nc5ccc(C(=O)O)nc54)cc3)CC2)n1. The Morgan fingerprint density at radius 1 is 1.02 bits per heavy atom. The summed E-state index contributed by atoms with van der Waals surface area (Å²) in [5.41, 5.74) is 9.67. The van der Waals surface area contributed by atoms with E-state index in [1.54, 1.807) is 30.6 Å². The predicted octanol–water partition coefficient (Wildman–Crippen LogP) is 3.50. The van der Waals surface area contributed by atoms with Crippen LogP contribution in [-0.4, -0.2) is 64.6 Å². The van der Waals surface area contributed by atoms with Crippen LogP contribution in [0.1, 0.15) is 34.7 Å². The lowest BCUT2D eigenvalue weighted by Gasteiger charge is -2.32. The number of nitrogens with one attached hydrogen (secondary N) is 1. The molecule has 5 heterocycles. The highest BCUT2D eigenvalue weighted by atomic mass is 16.4. The summed E-state index contributed by atoms with van der Waals surface area (Å²) in [5.74, 6) is 0.583. The molecule has 0 spiro atoms. The highest BCUT2D eigenvalue weighted by Crippen LogP contribution is 2.30. The second-order valence-corrected chi connectivity index (χ2v) is 9.79. The molecule has 0 amide bonds. The molecule has 5 aromatic rings. The number of carboxylic acid groups (broad SMARTS) is 1. The number of aromatic nitrogens is 6. The lowest BCUT2D eigenvalue weighted by molar-refractivity contribution is 0.0691. The van der Waals surface area contributed by atoms with E-state index in [2.05, 4.69) is 42.3 Å². The van der Waals surface area contributed by atoms with Crippen LogP contribution in [0, 0.1) is 11.3 Å². The van der Waals surface area contributed by atoms with Crippen LogP contribution in [0.25, 0.3) is 28.2 Å². The van der Waals surface area contributed by atoms with Crippen LogP contribution in [0.2, 0.25) is 0 Å². The Labute approximate surface area is 235 Å². The normalized spacial score (nSPS) is 14.1. The van der Waals surface area contributed by atoms with E-state index in [1.165, 1.54) is 6.07 Å². The number of aromatic carboxylic acids is 1. The average Bonchev–Trinajstić information content (AvgIpc) is 3.37. The molecule has 12 heteroatoms. The highest BCUT2D eigenvalue weighted by Gasteiger charge is 2.21. The molecule has 0 saturated carbocycles. The van der Waals surface area contributed by atoms with Crippen molar-refractivity contribution in [2.24, 2.45) is 0 Å². The number of rotatable bonds is 7. The zero-order valence-corrected chi connectivity index (χ0v) is 22.0. The maximum absolute atomic E-state index is 11.6. The minimum absolute atomic E-state index is 0.0657. The summed E-state index contributed by atoms with van der Waals surface area (Å²) in [4.78, 5) is 35.5. The number of nitrogens with two attached hydrogens (primary N) is 1. The number of imidazole rings is 1. The van der Waals surface area contributed by atoms with Gasteiger partial charge in [0, 0.05) is 43.8 Å². The third-order valence-electron chi connectivity index (χ3n) is 7.10. The predicted molar refractivity (Wildman–Crippen MR) is 152 cm³/mol. The van der Waals surface area contributed by atoms with Crippen molar-refractivity contribution in [1.82, 2.24) is 34.4 Å². The van der Waals surface area contributed by atoms with Gasteiger partial charge in [-0.2, -0.15) is 5.26 Å². The van der Waals surface area contributed by atoms with Crippen LogP contribution in [-0.2, 0) is 6.54 Å². The Balaban J connectivity index is 1.21. The van der Waals surface area contributed by atoms with Gasteiger partial charge in [0.05, 0.1) is 5.56 Å². The highest BCUT2D eigenvalue weighted by molar-refractivity contribution is 5.90. The van der Waals surface area contributed by atoms with Gasteiger partial charge in [-0.05, 0) is 60.9 Å². The Bertz CT molecular complexity index is 1770. The van der Waals surface area contributed by atoms with E-state index < -0.39 is 5.97 Å². The summed E-state index contributed by atoms with van der Waals surface area (Å²) in [6.07, 6.45) is 5.12. The van der Waals surface area contributed by atoms with Crippen molar-refractivity contribution in [3.8, 4) is 23.1 Å². The molecule has 1 saturated heterocycles. The Kier molecular flexibility index (Phi) is 6.93. The van der Waals surface area contributed by atoms with Crippen LogP contribution >= 0.6 is 0 Å². The van der Waals surface area contributed by atoms with E-state index in [9.17, 15) is 9.90 Å². The standard InChI is InChI=1S/C29H26N10O2/c30-16-25-32-13-9-24(37-25)34-19-10-14-38(15-11-19)17-18-3-5-20(6-4-18)39-27(21-2-1-12-33-26(21)31)35-22-7-8-23(29(40)41)36-28(22)39/h1-9,12-13,19H,10-11,14-15,17H2,(H2,31,33)(H,40,41)(H,32,34,37). The van der Waals surface area contributed by atoms with Crippen LogP contribution in [0.15, 0.2) is 67.0 Å². The van der Waals surface area contributed by atoms with Crippen molar-refractivity contribution >= 4 is 28.8 Å². The molecule has 0 bridgehead atoms. The molecule has 0 unspecified atom stereocenters. The molecule has 1 aromatic carbocycles. The van der Waals surface area contributed by atoms with Crippen molar-refractivity contribution in [3.05, 3.63) is 84.1 Å². The maximum atomic E-state index is 11.6. The molecule has 6 rings (SSSR count). The van der Waals surface area contributed by atoms with Crippen LogP contribution in [0.4, 0.5) is 11.6 Å². The minimum Gasteiger partial charge on any atom is -0.477 e. The second kappa shape index (κ2) is 11.0. The first kappa shape index (κ1) is 25.8. The molecular weight excluding hydrogens is 520 g/mol. The number of nitriles is 1. The maximum Gasteiger partial charge on any atom is 0.354 e. The Morgan fingerprint density at radius 3 is 2.56 bits per heavy atom. The van der Waals surface area contributed by atoms with Crippen molar-refractivity contribution in [1.29, 1.82) is 5.26 Å². The summed E-state index contributed by atoms with van der Waals surface area (Å²) in [6.45, 7) is 2.65. The molecule has 204 valence electrons. The van der Waals surface area contributed by atoms with E-state index in [0.717, 1.165) is 43.7 Å². The van der Waals surface area contributed by atoms with E-state index in [-0.39, 0.29) is 17.6 Å². The largest absolute Gasteiger partial charge is 0.477 e. The van der Waals surface area contributed by atoms with Crippen LogP contribution < -0.4 is 11.1 Å². The molecule has 1 fully saturated rings. The molecule has 12 nitrogen and oxygen atoms in total. The minimum atomic E-state index is -1.11. The van der Waals surface area contributed by atoms with Gasteiger partial charge in [-0.3, -0.25) is 9.47 Å². The van der Waals surface area contributed by atoms with Gasteiger partial charge in [0.15, 0.2) is 17.2 Å². The van der Waals surface area contributed by atoms with E-state index in [1.807, 2.05) is 28.8 Å². The van der Waals surface area contributed by atoms with Gasteiger partial charge < -0.3 is 16.2 Å². The third kappa shape index (κ3) is 5.39. The molecule has 4 aromatic heterocycles. The number of anilines is 2. The third-order valence-corrected chi connectivity index (χ3v) is 7.10. The number of fused-ring (bicyclic) bond motifs is 1. The number of carbonyl (C=O) groups is 1. The quantitative estimate of drug-likeness (QED) is 0.273. The zero-order valence-electron chi connectivity index (χ0n) is 22.0. The van der Waals surface area contributed by atoms with Gasteiger partial charge in [0.25, 0.3) is 0 Å². The van der Waals surface area contributed by atoms with E-state index in [0.29, 0.717) is 34.2 Å². The molecule has 0 aliphatic carbocycles. The molecule has 41 heavy (non-hydrogen) atoms. The smallest absolute Gasteiger partial charge is 0.354 e. The summed E-state index contributed by atoms with van der Waals surface area (Å²) in [7, 11) is 0. The number of likely N-dealkylation sites (tertiary alicyclic amines) is 1. The van der Waals surface area contributed by atoms with Crippen molar-refractivity contribution < 1.29 is 9.90 Å². The lowest BCUT2D eigenvalue weighted by atomic mass is 10.0. The average molecular weight is 547 g/mol. The fourth-order valence-electron chi connectivity index (χ4n) is 5.05. The number of piperidine rings is 1. The number of hydrogen-bond donors (Lipinski definition) is 3. The summed E-state index contributed by atoms with van der Waals surface area (Å²) >= 11 is 0.